The highest BCUT2D eigenvalue weighted by atomic mass is 35.5. The van der Waals surface area contributed by atoms with Crippen LogP contribution in [0.5, 0.6) is 0 Å². The van der Waals surface area contributed by atoms with Crippen molar-refractivity contribution in [2.75, 3.05) is 5.73 Å². The monoisotopic (exact) mass is 405 g/mol. The number of aromatic nitrogens is 3. The molecule has 0 aliphatic rings. The molecule has 0 unspecified atom stereocenters. The Kier molecular flexibility index (Phi) is 5.61. The van der Waals surface area contributed by atoms with Gasteiger partial charge in [-0.25, -0.2) is 4.99 Å². The fraction of sp³-hybridized carbons (Fsp3) is 0.0556. The van der Waals surface area contributed by atoms with Crippen molar-refractivity contribution in [3.63, 3.8) is 0 Å². The molecule has 2 aromatic carbocycles. The van der Waals surface area contributed by atoms with Crippen LogP contribution in [0.15, 0.2) is 69.2 Å². The smallest absolute Gasteiger partial charge is 0.225 e. The van der Waals surface area contributed by atoms with Crippen LogP contribution in [0.4, 0.5) is 5.95 Å². The maximum absolute atomic E-state index is 6.08. The topological polar surface area (TPSA) is 69.1 Å². The maximum Gasteiger partial charge on any atom is 0.225 e. The molecule has 132 valence electrons. The van der Waals surface area contributed by atoms with Crippen LogP contribution >= 0.6 is 34.8 Å². The number of halogens is 3. The van der Waals surface area contributed by atoms with Crippen LogP contribution in [0.1, 0.15) is 11.1 Å². The van der Waals surface area contributed by atoms with Gasteiger partial charge in [0, 0.05) is 11.1 Å². The molecule has 3 aromatic rings. The summed E-state index contributed by atoms with van der Waals surface area (Å²) < 4.78 is 1.25. The van der Waals surface area contributed by atoms with Crippen LogP contribution in [-0.4, -0.2) is 20.6 Å². The lowest BCUT2D eigenvalue weighted by Gasteiger charge is -2.08. The molecule has 3 rings (SSSR count). The molecule has 0 radical (unpaired) electrons. The minimum atomic E-state index is -0.154. The molecule has 0 atom stereocenters. The predicted molar refractivity (Wildman–Crippen MR) is 108 cm³/mol. The molecular weight excluding hydrogens is 393 g/mol. The Labute approximate surface area is 165 Å². The Hall–Kier alpha value is -2.34. The van der Waals surface area contributed by atoms with Gasteiger partial charge in [-0.2, -0.15) is 9.67 Å². The fourth-order valence-electron chi connectivity index (χ4n) is 2.26. The second-order valence-electron chi connectivity index (χ2n) is 5.42. The average molecular weight is 407 g/mol. The average Bonchev–Trinajstić information content (AvgIpc) is 3.02. The summed E-state index contributed by atoms with van der Waals surface area (Å²) in [6.07, 6.45) is 0. The summed E-state index contributed by atoms with van der Waals surface area (Å²) in [6, 6.07) is 17.1. The largest absolute Gasteiger partial charge is 0.368 e. The molecule has 0 bridgehead atoms. The molecule has 1 aromatic heterocycles. The number of nitrogen functional groups attached to an aromatic ring is 1. The van der Waals surface area contributed by atoms with Crippen molar-refractivity contribution in [1.29, 1.82) is 0 Å². The van der Waals surface area contributed by atoms with Crippen LogP contribution in [0.3, 0.4) is 0 Å². The summed E-state index contributed by atoms with van der Waals surface area (Å²) in [4.78, 5) is 8.61. The van der Waals surface area contributed by atoms with Gasteiger partial charge in [-0.15, -0.1) is 5.10 Å². The number of hydrogen-bond acceptors (Lipinski definition) is 4. The third-order valence-corrected chi connectivity index (χ3v) is 4.36. The van der Waals surface area contributed by atoms with Crippen molar-refractivity contribution in [3.05, 3.63) is 75.4 Å². The molecule has 5 nitrogen and oxygen atoms in total. The Morgan fingerprint density at radius 3 is 2.27 bits per heavy atom. The highest BCUT2D eigenvalue weighted by Crippen LogP contribution is 2.22. The third-order valence-electron chi connectivity index (χ3n) is 3.53. The molecule has 0 aliphatic heterocycles. The number of nitrogens with zero attached hydrogens (tertiary/aromatic N) is 4. The molecule has 0 amide bonds. The van der Waals surface area contributed by atoms with E-state index in [1.807, 2.05) is 61.5 Å². The minimum Gasteiger partial charge on any atom is -0.368 e. The van der Waals surface area contributed by atoms with Gasteiger partial charge < -0.3 is 5.73 Å². The quantitative estimate of drug-likeness (QED) is 0.379. The number of anilines is 1. The van der Waals surface area contributed by atoms with Crippen molar-refractivity contribution < 1.29 is 0 Å². The van der Waals surface area contributed by atoms with Crippen molar-refractivity contribution >= 4 is 46.6 Å². The molecule has 0 saturated heterocycles. The summed E-state index contributed by atoms with van der Waals surface area (Å²) >= 11 is 17.5. The lowest BCUT2D eigenvalue weighted by molar-refractivity contribution is 0.945. The van der Waals surface area contributed by atoms with Crippen LogP contribution in [0.2, 0.25) is 0 Å². The van der Waals surface area contributed by atoms with E-state index in [0.717, 1.165) is 16.7 Å². The first kappa shape index (κ1) is 18.5. The van der Waals surface area contributed by atoms with E-state index in [1.165, 1.54) is 4.68 Å². The van der Waals surface area contributed by atoms with E-state index in [9.17, 15) is 0 Å². The van der Waals surface area contributed by atoms with Crippen LogP contribution < -0.4 is 5.73 Å². The van der Waals surface area contributed by atoms with Gasteiger partial charge in [0.25, 0.3) is 0 Å². The number of benzene rings is 2. The van der Waals surface area contributed by atoms with Gasteiger partial charge in [0.15, 0.2) is 16.8 Å². The van der Waals surface area contributed by atoms with Gasteiger partial charge in [-0.3, -0.25) is 0 Å². The van der Waals surface area contributed by atoms with Gasteiger partial charge in [-0.05, 0) is 6.92 Å². The third kappa shape index (κ3) is 4.07. The number of aryl methyl sites for hydroxylation is 1. The Balaban J connectivity index is 2.15. The van der Waals surface area contributed by atoms with E-state index in [4.69, 9.17) is 40.5 Å². The standard InChI is InChI=1S/C18H14Cl3N5/c1-11-7-9-13(10-8-11)17(23-15(21)14(19)20)26-18(22)24-16(25-26)12-5-3-2-4-6-12/h2-10H,1H3,(H2,22,24,25). The summed E-state index contributed by atoms with van der Waals surface area (Å²) in [5, 5.41) is 4.40. The van der Waals surface area contributed by atoms with Crippen molar-refractivity contribution in [1.82, 2.24) is 14.8 Å². The Morgan fingerprint density at radius 2 is 1.65 bits per heavy atom. The van der Waals surface area contributed by atoms with Crippen LogP contribution in [0, 0.1) is 6.92 Å². The van der Waals surface area contributed by atoms with Gasteiger partial charge >= 0.3 is 0 Å². The molecule has 0 saturated carbocycles. The van der Waals surface area contributed by atoms with Crippen LogP contribution in [-0.2, 0) is 0 Å². The zero-order valence-electron chi connectivity index (χ0n) is 13.7. The highest BCUT2D eigenvalue weighted by molar-refractivity contribution is 6.59. The zero-order valence-corrected chi connectivity index (χ0v) is 16.0. The van der Waals surface area contributed by atoms with E-state index in [1.54, 1.807) is 0 Å². The second kappa shape index (κ2) is 7.91. The summed E-state index contributed by atoms with van der Waals surface area (Å²) in [5.74, 6) is 0.999. The number of rotatable bonds is 3. The van der Waals surface area contributed by atoms with Crippen LogP contribution in [0.25, 0.3) is 11.4 Å². The summed E-state index contributed by atoms with van der Waals surface area (Å²) in [7, 11) is 0. The maximum atomic E-state index is 6.08. The van der Waals surface area contributed by atoms with E-state index < -0.39 is 0 Å². The second-order valence-corrected chi connectivity index (χ2v) is 6.73. The number of hydrogen-bond donors (Lipinski definition) is 1. The van der Waals surface area contributed by atoms with E-state index in [-0.39, 0.29) is 15.6 Å². The first-order valence-electron chi connectivity index (χ1n) is 7.60. The minimum absolute atomic E-state index is 0.0694. The van der Waals surface area contributed by atoms with Crippen molar-refractivity contribution in [2.24, 2.45) is 4.99 Å². The molecule has 0 spiro atoms. The molecule has 26 heavy (non-hydrogen) atoms. The number of nitrogens with two attached hydrogens (primary N) is 1. The first-order valence-corrected chi connectivity index (χ1v) is 8.74. The summed E-state index contributed by atoms with van der Waals surface area (Å²) in [5.41, 5.74) is 8.75. The summed E-state index contributed by atoms with van der Waals surface area (Å²) in [6.45, 7) is 1.99. The van der Waals surface area contributed by atoms with Gasteiger partial charge in [-0.1, -0.05) is 95.0 Å². The normalized spacial score (nSPS) is 11.5. The number of aliphatic imine (C=N–C) groups is 1. The SMILES string of the molecule is Cc1ccc(C(=NC(Cl)=C(Cl)Cl)n2nc(-c3ccccc3)nc2N)cc1. The molecule has 8 heteroatoms. The van der Waals surface area contributed by atoms with Crippen molar-refractivity contribution in [2.45, 2.75) is 6.92 Å². The first-order chi connectivity index (χ1) is 12.5. The molecular formula is C18H14Cl3N5. The van der Waals surface area contributed by atoms with Gasteiger partial charge in [0.1, 0.15) is 4.49 Å². The fourth-order valence-corrected chi connectivity index (χ4v) is 2.43. The lowest BCUT2D eigenvalue weighted by atomic mass is 10.1. The van der Waals surface area contributed by atoms with E-state index >= 15 is 0 Å². The van der Waals surface area contributed by atoms with Gasteiger partial charge in [0.05, 0.1) is 0 Å². The molecule has 0 aliphatic carbocycles. The Bertz CT molecular complexity index is 972. The van der Waals surface area contributed by atoms with E-state index in [0.29, 0.717) is 11.7 Å². The van der Waals surface area contributed by atoms with Crippen molar-refractivity contribution in [3.8, 4) is 11.4 Å². The lowest BCUT2D eigenvalue weighted by Crippen LogP contribution is -2.18. The van der Waals surface area contributed by atoms with Gasteiger partial charge in [0.2, 0.25) is 5.95 Å². The zero-order chi connectivity index (χ0) is 18.7. The molecule has 0 fully saturated rings. The highest BCUT2D eigenvalue weighted by Gasteiger charge is 2.16. The predicted octanol–water partition coefficient (Wildman–Crippen LogP) is 4.97. The Morgan fingerprint density at radius 1 is 1.00 bits per heavy atom. The molecule has 1 heterocycles. The van der Waals surface area contributed by atoms with E-state index in [2.05, 4.69) is 15.1 Å². The molecule has 2 N–H and O–H groups in total.